The molecule has 1 aromatic heterocycles. The Labute approximate surface area is 201 Å². The molecule has 1 aliphatic rings. The summed E-state index contributed by atoms with van der Waals surface area (Å²) >= 11 is 0. The molecule has 2 heterocycles. The summed E-state index contributed by atoms with van der Waals surface area (Å²) in [6.45, 7) is 11.8. The standard InChI is InChI=1S/C27H35F2N5/c1-5-26-25(19-33(20(2)3)18-21-6-8-22(28)9-7-21)27(32-16-14-31(4)15-17-32)34(30-26)24-12-10-23(29)11-13-24/h6-13,20H,5,14-19H2,1-4H3. The molecule has 1 fully saturated rings. The summed E-state index contributed by atoms with van der Waals surface area (Å²) in [4.78, 5) is 7.16. The Balaban J connectivity index is 1.74. The van der Waals surface area contributed by atoms with Crippen LogP contribution in [0, 0.1) is 11.6 Å². The van der Waals surface area contributed by atoms with Crippen LogP contribution in [0.5, 0.6) is 0 Å². The minimum atomic E-state index is -0.252. The molecule has 182 valence electrons. The number of piperazine rings is 1. The number of anilines is 1. The molecule has 2 aromatic carbocycles. The summed E-state index contributed by atoms with van der Waals surface area (Å²) < 4.78 is 29.1. The summed E-state index contributed by atoms with van der Waals surface area (Å²) in [5.41, 5.74) is 4.22. The molecule has 0 amide bonds. The van der Waals surface area contributed by atoms with E-state index in [-0.39, 0.29) is 11.6 Å². The van der Waals surface area contributed by atoms with Gasteiger partial charge < -0.3 is 9.80 Å². The van der Waals surface area contributed by atoms with Gasteiger partial charge >= 0.3 is 0 Å². The van der Waals surface area contributed by atoms with Crippen LogP contribution in [0.25, 0.3) is 5.69 Å². The van der Waals surface area contributed by atoms with E-state index in [2.05, 4.69) is 42.5 Å². The molecule has 0 aliphatic carbocycles. The van der Waals surface area contributed by atoms with E-state index in [9.17, 15) is 8.78 Å². The van der Waals surface area contributed by atoms with Crippen LogP contribution in [0.15, 0.2) is 48.5 Å². The first-order valence-electron chi connectivity index (χ1n) is 12.1. The zero-order valence-electron chi connectivity index (χ0n) is 20.6. The second-order valence-corrected chi connectivity index (χ2v) is 9.41. The number of halogens is 2. The monoisotopic (exact) mass is 467 g/mol. The van der Waals surface area contributed by atoms with E-state index in [4.69, 9.17) is 5.10 Å². The maximum Gasteiger partial charge on any atom is 0.137 e. The fourth-order valence-corrected chi connectivity index (χ4v) is 4.49. The lowest BCUT2D eigenvalue weighted by Crippen LogP contribution is -2.45. The van der Waals surface area contributed by atoms with Crippen LogP contribution in [0.4, 0.5) is 14.6 Å². The molecule has 34 heavy (non-hydrogen) atoms. The Bertz CT molecular complexity index is 1070. The predicted molar refractivity (Wildman–Crippen MR) is 133 cm³/mol. The van der Waals surface area contributed by atoms with Crippen LogP contribution in [-0.4, -0.2) is 58.8 Å². The molecule has 0 unspecified atom stereocenters. The third-order valence-electron chi connectivity index (χ3n) is 6.64. The molecule has 0 spiro atoms. The molecule has 7 heteroatoms. The first-order chi connectivity index (χ1) is 16.4. The maximum atomic E-state index is 13.7. The molecule has 3 aromatic rings. The van der Waals surface area contributed by atoms with Crippen molar-refractivity contribution in [1.29, 1.82) is 0 Å². The van der Waals surface area contributed by atoms with Gasteiger partial charge in [0.25, 0.3) is 0 Å². The van der Waals surface area contributed by atoms with E-state index in [1.807, 2.05) is 16.8 Å². The number of hydrogen-bond acceptors (Lipinski definition) is 4. The van der Waals surface area contributed by atoms with Crippen LogP contribution >= 0.6 is 0 Å². The Hall–Kier alpha value is -2.77. The van der Waals surface area contributed by atoms with Gasteiger partial charge in [0.05, 0.1) is 11.4 Å². The quantitative estimate of drug-likeness (QED) is 0.472. The van der Waals surface area contributed by atoms with Crippen LogP contribution in [0.1, 0.15) is 37.6 Å². The smallest absolute Gasteiger partial charge is 0.137 e. The number of likely N-dealkylation sites (N-methyl/N-ethyl adjacent to an activating group) is 1. The van der Waals surface area contributed by atoms with Crippen molar-refractivity contribution in [2.24, 2.45) is 0 Å². The number of hydrogen-bond donors (Lipinski definition) is 0. The van der Waals surface area contributed by atoms with Crippen molar-refractivity contribution < 1.29 is 8.78 Å². The molecule has 0 radical (unpaired) electrons. The summed E-state index contributed by atoms with van der Waals surface area (Å²) in [5, 5.41) is 5.02. The predicted octanol–water partition coefficient (Wildman–Crippen LogP) is 4.88. The van der Waals surface area contributed by atoms with Gasteiger partial charge in [-0.2, -0.15) is 5.10 Å². The zero-order chi connectivity index (χ0) is 24.2. The van der Waals surface area contributed by atoms with Crippen molar-refractivity contribution in [2.75, 3.05) is 38.1 Å². The van der Waals surface area contributed by atoms with Crippen molar-refractivity contribution in [1.82, 2.24) is 19.6 Å². The number of aromatic nitrogens is 2. The van der Waals surface area contributed by atoms with Gasteiger partial charge in [-0.15, -0.1) is 0 Å². The molecular formula is C27H35F2N5. The van der Waals surface area contributed by atoms with Gasteiger partial charge in [0.15, 0.2) is 0 Å². The highest BCUT2D eigenvalue weighted by Crippen LogP contribution is 2.31. The van der Waals surface area contributed by atoms with E-state index in [0.29, 0.717) is 6.04 Å². The van der Waals surface area contributed by atoms with Gasteiger partial charge in [-0.1, -0.05) is 19.1 Å². The van der Waals surface area contributed by atoms with Gasteiger partial charge in [-0.3, -0.25) is 4.90 Å². The van der Waals surface area contributed by atoms with Crippen molar-refractivity contribution >= 4 is 5.82 Å². The lowest BCUT2D eigenvalue weighted by atomic mass is 10.1. The molecule has 1 saturated heterocycles. The van der Waals surface area contributed by atoms with Crippen LogP contribution in [0.2, 0.25) is 0 Å². The normalized spacial score (nSPS) is 15.0. The second kappa shape index (κ2) is 10.7. The highest BCUT2D eigenvalue weighted by atomic mass is 19.1. The van der Waals surface area contributed by atoms with Crippen molar-refractivity contribution in [3.05, 3.63) is 77.0 Å². The second-order valence-electron chi connectivity index (χ2n) is 9.41. The van der Waals surface area contributed by atoms with Crippen LogP contribution in [-0.2, 0) is 19.5 Å². The minimum absolute atomic E-state index is 0.217. The largest absolute Gasteiger partial charge is 0.354 e. The first kappa shape index (κ1) is 24.4. The lowest BCUT2D eigenvalue weighted by molar-refractivity contribution is 0.203. The topological polar surface area (TPSA) is 27.5 Å². The van der Waals surface area contributed by atoms with Gasteiger partial charge in [0, 0.05) is 50.9 Å². The number of rotatable bonds is 8. The Morgan fingerprint density at radius 1 is 0.882 bits per heavy atom. The summed E-state index contributed by atoms with van der Waals surface area (Å²) in [6.07, 6.45) is 0.812. The minimum Gasteiger partial charge on any atom is -0.354 e. The molecular weight excluding hydrogens is 432 g/mol. The third kappa shape index (κ3) is 5.47. The van der Waals surface area contributed by atoms with Crippen LogP contribution in [0.3, 0.4) is 0 Å². The maximum absolute atomic E-state index is 13.7. The highest BCUT2D eigenvalue weighted by Gasteiger charge is 2.27. The fraction of sp³-hybridized carbons (Fsp3) is 0.444. The van der Waals surface area contributed by atoms with E-state index in [0.717, 1.165) is 68.5 Å². The van der Waals surface area contributed by atoms with E-state index in [1.165, 1.54) is 29.8 Å². The van der Waals surface area contributed by atoms with E-state index >= 15 is 0 Å². The summed E-state index contributed by atoms with van der Waals surface area (Å²) in [6, 6.07) is 13.6. The zero-order valence-corrected chi connectivity index (χ0v) is 20.6. The average Bonchev–Trinajstić information content (AvgIpc) is 3.19. The molecule has 0 N–H and O–H groups in total. The summed E-state index contributed by atoms with van der Waals surface area (Å²) in [5.74, 6) is 0.630. The fourth-order valence-electron chi connectivity index (χ4n) is 4.49. The van der Waals surface area contributed by atoms with Crippen molar-refractivity contribution in [3.63, 3.8) is 0 Å². The Kier molecular flexibility index (Phi) is 7.63. The molecule has 0 saturated carbocycles. The molecule has 1 aliphatic heterocycles. The summed E-state index contributed by atoms with van der Waals surface area (Å²) in [7, 11) is 2.15. The average molecular weight is 468 g/mol. The Morgan fingerprint density at radius 3 is 2.03 bits per heavy atom. The van der Waals surface area contributed by atoms with E-state index in [1.54, 1.807) is 12.1 Å². The molecule has 0 bridgehead atoms. The highest BCUT2D eigenvalue weighted by molar-refractivity contribution is 5.56. The number of aryl methyl sites for hydroxylation is 1. The van der Waals surface area contributed by atoms with Gasteiger partial charge in [-0.05, 0) is 69.3 Å². The molecule has 0 atom stereocenters. The molecule has 4 rings (SSSR count). The van der Waals surface area contributed by atoms with Crippen LogP contribution < -0.4 is 4.90 Å². The van der Waals surface area contributed by atoms with Crippen molar-refractivity contribution in [2.45, 2.75) is 46.3 Å². The lowest BCUT2D eigenvalue weighted by Gasteiger charge is -2.35. The number of benzene rings is 2. The number of nitrogens with zero attached hydrogens (tertiary/aromatic N) is 5. The third-order valence-corrected chi connectivity index (χ3v) is 6.64. The Morgan fingerprint density at radius 2 is 1.47 bits per heavy atom. The molecule has 5 nitrogen and oxygen atoms in total. The van der Waals surface area contributed by atoms with Gasteiger partial charge in [0.1, 0.15) is 17.5 Å². The van der Waals surface area contributed by atoms with Crippen molar-refractivity contribution in [3.8, 4) is 5.69 Å². The first-order valence-corrected chi connectivity index (χ1v) is 12.1. The van der Waals surface area contributed by atoms with Gasteiger partial charge in [0.2, 0.25) is 0 Å². The van der Waals surface area contributed by atoms with Gasteiger partial charge in [-0.25, -0.2) is 13.5 Å². The SMILES string of the molecule is CCc1nn(-c2ccc(F)cc2)c(N2CCN(C)CC2)c1CN(Cc1ccc(F)cc1)C(C)C. The van der Waals surface area contributed by atoms with E-state index < -0.39 is 0 Å².